The van der Waals surface area contributed by atoms with Gasteiger partial charge in [-0.15, -0.1) is 8.58 Å². The molecule has 4 nitrogen and oxygen atoms in total. The van der Waals surface area contributed by atoms with Gasteiger partial charge in [0.1, 0.15) is 0 Å². The van der Waals surface area contributed by atoms with Gasteiger partial charge < -0.3 is 19.2 Å². The van der Waals surface area contributed by atoms with Gasteiger partial charge in [-0.2, -0.15) is 7.82 Å². The van der Waals surface area contributed by atoms with Gasteiger partial charge in [-0.25, -0.2) is 0 Å². The first-order valence-corrected chi connectivity index (χ1v) is 5.71. The van der Waals surface area contributed by atoms with Crippen molar-refractivity contribution < 1.29 is 108 Å². The maximum absolute atomic E-state index is 8.55. The molecule has 0 heterocycles. The number of rotatable bonds is 1. The molecule has 1 atom stereocenters. The van der Waals surface area contributed by atoms with E-state index in [4.69, 9.17) is 19.2 Å². The molecule has 1 unspecified atom stereocenters. The van der Waals surface area contributed by atoms with Crippen LogP contribution in [0.5, 0.6) is 0 Å². The molecular weight excluding hydrogens is 243 g/mol. The molecule has 0 saturated heterocycles. The Balaban J connectivity index is -0.0000000267. The molecule has 0 bridgehead atoms. The van der Waals surface area contributed by atoms with Crippen LogP contribution in [-0.4, -0.2) is 12.3 Å². The van der Waals surface area contributed by atoms with Crippen molar-refractivity contribution in [3.63, 3.8) is 0 Å². The summed E-state index contributed by atoms with van der Waals surface area (Å²) in [4.78, 5) is 25.6. The number of hydrogen-bond acceptors (Lipinski definition) is 4. The minimum atomic E-state index is -5.39. The summed E-state index contributed by atoms with van der Waals surface area (Å²) in [6, 6.07) is 0. The van der Waals surface area contributed by atoms with Crippen molar-refractivity contribution in [2.45, 2.75) is 19.5 Å². The van der Waals surface area contributed by atoms with Gasteiger partial charge in [0.15, 0.2) is 0 Å². The van der Waals surface area contributed by atoms with Crippen LogP contribution in [-0.2, 0) is 4.57 Å². The van der Waals surface area contributed by atoms with Crippen LogP contribution < -0.4 is 103 Å². The first kappa shape index (κ1) is 30.0. The minimum absolute atomic E-state index is 0. The van der Waals surface area contributed by atoms with Gasteiger partial charge in [-0.05, 0) is 12.3 Å². The fraction of sp³-hybridized carbons (Fsp3) is 1.00. The summed E-state index contributed by atoms with van der Waals surface area (Å²) in [6.07, 6.45) is 0. The molecule has 13 heavy (non-hydrogen) atoms. The van der Waals surface area contributed by atoms with Crippen LogP contribution in [0.4, 0.5) is 0 Å². The smallest absolute Gasteiger partial charge is 0.822 e. The van der Waals surface area contributed by atoms with Gasteiger partial charge >= 0.3 is 88.7 Å². The first-order valence-electron chi connectivity index (χ1n) is 2.67. The second-order valence-electron chi connectivity index (χ2n) is 1.89. The molecule has 0 aliphatic rings. The average Bonchev–Trinajstić information content (AvgIpc) is 1.61. The van der Waals surface area contributed by atoms with Gasteiger partial charge in [0.2, 0.25) is 0 Å². The predicted octanol–water partition coefficient (Wildman–Crippen LogP) is -10.1. The summed E-state index contributed by atoms with van der Waals surface area (Å²) >= 11 is 0. The molecule has 64 valence electrons. The maximum atomic E-state index is 8.55. The SMILES string of the molecule is CPC(C)C.O=P([O-])([O-])[O-].[Na+].[Na+].[Na+]. The van der Waals surface area contributed by atoms with Crippen molar-refractivity contribution in [1.82, 2.24) is 0 Å². The van der Waals surface area contributed by atoms with E-state index in [9.17, 15) is 0 Å². The molecule has 0 aromatic heterocycles. The van der Waals surface area contributed by atoms with E-state index in [2.05, 4.69) is 20.5 Å². The van der Waals surface area contributed by atoms with Gasteiger partial charge in [0, 0.05) is 0 Å². The van der Waals surface area contributed by atoms with Crippen LogP contribution in [0.3, 0.4) is 0 Å². The summed E-state index contributed by atoms with van der Waals surface area (Å²) in [5.41, 5.74) is 0.912. The van der Waals surface area contributed by atoms with Crippen molar-refractivity contribution in [2.24, 2.45) is 0 Å². The molecule has 9 heteroatoms. The summed E-state index contributed by atoms with van der Waals surface area (Å²) < 4.78 is 8.55. The van der Waals surface area contributed by atoms with E-state index in [1.807, 2.05) is 0 Å². The second kappa shape index (κ2) is 17.9. The van der Waals surface area contributed by atoms with E-state index in [0.29, 0.717) is 0 Å². The quantitative estimate of drug-likeness (QED) is 0.343. The molecule has 0 amide bonds. The Bertz CT molecular complexity index is 110. The Kier molecular flexibility index (Phi) is 41.3. The van der Waals surface area contributed by atoms with Gasteiger partial charge in [-0.1, -0.05) is 13.8 Å². The summed E-state index contributed by atoms with van der Waals surface area (Å²) in [5, 5.41) is 0. The monoisotopic (exact) mass is 254 g/mol. The topological polar surface area (TPSA) is 86.2 Å². The molecule has 0 N–H and O–H groups in total. The predicted molar refractivity (Wildman–Crippen MR) is 37.0 cm³/mol. The standard InChI is InChI=1S/C4H11P.3Na.H3O4P/c1-4(2)5-3;;;;1-5(2,3)4/h4-5H,1-3H3;;;;(H3,1,2,3,4)/q;3*+1;/p-3. The Hall–Kier alpha value is 3.54. The molecule has 0 aromatic carbocycles. The van der Waals surface area contributed by atoms with E-state index in [1.165, 1.54) is 0 Å². The first-order chi connectivity index (χ1) is 4.27. The molecule has 0 aliphatic heterocycles. The number of hydrogen-bond donors (Lipinski definition) is 0. The van der Waals surface area contributed by atoms with E-state index in [0.717, 1.165) is 14.2 Å². The van der Waals surface area contributed by atoms with E-state index >= 15 is 0 Å². The maximum Gasteiger partial charge on any atom is 1.00 e. The van der Waals surface area contributed by atoms with Crippen molar-refractivity contribution in [3.05, 3.63) is 0 Å². The van der Waals surface area contributed by atoms with Crippen LogP contribution in [0.2, 0.25) is 0 Å². The Morgan fingerprint density at radius 3 is 1.15 bits per heavy atom. The average molecular weight is 254 g/mol. The Labute approximate surface area is 148 Å². The van der Waals surface area contributed by atoms with Crippen molar-refractivity contribution >= 4 is 16.4 Å². The van der Waals surface area contributed by atoms with Crippen LogP contribution in [0.15, 0.2) is 0 Å². The summed E-state index contributed by atoms with van der Waals surface area (Å²) in [5.74, 6) is 0. The molecule has 0 rings (SSSR count). The van der Waals surface area contributed by atoms with Gasteiger partial charge in [-0.3, -0.25) is 0 Å². The zero-order valence-electron chi connectivity index (χ0n) is 9.16. The van der Waals surface area contributed by atoms with Crippen molar-refractivity contribution in [3.8, 4) is 0 Å². The molecule has 0 spiro atoms. The Morgan fingerprint density at radius 1 is 1.08 bits per heavy atom. The zero-order chi connectivity index (χ0) is 8.78. The van der Waals surface area contributed by atoms with Crippen LogP contribution in [0.1, 0.15) is 13.8 Å². The van der Waals surface area contributed by atoms with Crippen molar-refractivity contribution in [1.29, 1.82) is 0 Å². The van der Waals surface area contributed by atoms with E-state index in [1.54, 1.807) is 0 Å². The summed E-state index contributed by atoms with van der Waals surface area (Å²) in [7, 11) is -4.27. The third-order valence-electron chi connectivity index (χ3n) is 0.577. The van der Waals surface area contributed by atoms with Crippen LogP contribution in [0, 0.1) is 0 Å². The molecule has 0 aliphatic carbocycles. The van der Waals surface area contributed by atoms with Crippen LogP contribution >= 0.6 is 16.4 Å². The summed E-state index contributed by atoms with van der Waals surface area (Å²) in [6.45, 7) is 6.70. The second-order valence-corrected chi connectivity index (χ2v) is 4.52. The van der Waals surface area contributed by atoms with Gasteiger partial charge in [0.25, 0.3) is 0 Å². The van der Waals surface area contributed by atoms with Gasteiger partial charge in [0.05, 0.1) is 0 Å². The Morgan fingerprint density at radius 2 is 1.15 bits per heavy atom. The van der Waals surface area contributed by atoms with Crippen LogP contribution in [0.25, 0.3) is 0 Å². The minimum Gasteiger partial charge on any atom is -0.822 e. The zero-order valence-corrected chi connectivity index (χ0v) is 17.1. The van der Waals surface area contributed by atoms with Crippen molar-refractivity contribution in [2.75, 3.05) is 6.66 Å². The molecule has 0 fully saturated rings. The number of phosphoric acid groups is 1. The molecule has 0 radical (unpaired) electrons. The molecule has 0 aromatic rings. The largest absolute Gasteiger partial charge is 1.00 e. The van der Waals surface area contributed by atoms with E-state index in [-0.39, 0.29) is 88.7 Å². The van der Waals surface area contributed by atoms with E-state index < -0.39 is 7.82 Å². The third-order valence-corrected chi connectivity index (χ3v) is 1.73. The normalized spacial score (nSPS) is 9.15. The molecule has 0 saturated carbocycles. The molecular formula is C4H11Na3O4P2. The fourth-order valence-corrected chi connectivity index (χ4v) is 0. The fourth-order valence-electron chi connectivity index (χ4n) is 0. The third kappa shape index (κ3) is 92.8.